The molecule has 0 aliphatic carbocycles. The summed E-state index contributed by atoms with van der Waals surface area (Å²) in [6, 6.07) is -0.531. The number of carbonyl (C=O) groups excluding carboxylic acids is 1. The van der Waals surface area contributed by atoms with Crippen molar-refractivity contribution in [3.05, 3.63) is 0 Å². The number of hydrogen-bond donors (Lipinski definition) is 3. The van der Waals surface area contributed by atoms with Gasteiger partial charge in [-0.1, -0.05) is 20.8 Å². The van der Waals surface area contributed by atoms with Crippen LogP contribution in [0, 0.1) is 5.41 Å². The van der Waals surface area contributed by atoms with Crippen molar-refractivity contribution in [3.8, 4) is 0 Å². The second-order valence-electron chi connectivity index (χ2n) is 4.27. The second-order valence-corrected chi connectivity index (χ2v) is 4.27. The molecule has 0 heterocycles. The molecule has 0 saturated carbocycles. The second kappa shape index (κ2) is 4.30. The highest BCUT2D eigenvalue weighted by Gasteiger charge is 2.15. The quantitative estimate of drug-likeness (QED) is 0.578. The van der Waals surface area contributed by atoms with E-state index in [2.05, 4.69) is 26.1 Å². The Morgan fingerprint density at radius 2 is 2.00 bits per heavy atom. The number of amides is 2. The summed E-state index contributed by atoms with van der Waals surface area (Å²) in [4.78, 5) is 10.3. The van der Waals surface area contributed by atoms with Crippen molar-refractivity contribution in [2.24, 2.45) is 16.9 Å². The number of hydrogen-bond acceptors (Lipinski definition) is 2. The fourth-order valence-electron chi connectivity index (χ4n) is 1.09. The monoisotopic (exact) mass is 173 g/mol. The van der Waals surface area contributed by atoms with Crippen LogP contribution in [0.2, 0.25) is 0 Å². The van der Waals surface area contributed by atoms with Gasteiger partial charge in [-0.2, -0.15) is 0 Å². The summed E-state index contributed by atoms with van der Waals surface area (Å²) < 4.78 is 0. The molecule has 0 aromatic carbocycles. The molecule has 5 N–H and O–H groups in total. The minimum atomic E-state index is -0.514. The van der Waals surface area contributed by atoms with Crippen molar-refractivity contribution in [3.63, 3.8) is 0 Å². The largest absolute Gasteiger partial charge is 0.352 e. The van der Waals surface area contributed by atoms with Crippen molar-refractivity contribution in [1.82, 2.24) is 5.32 Å². The van der Waals surface area contributed by atoms with E-state index in [0.717, 1.165) is 6.42 Å². The molecule has 4 nitrogen and oxygen atoms in total. The lowest BCUT2D eigenvalue weighted by Crippen LogP contribution is -2.41. The van der Waals surface area contributed by atoms with Gasteiger partial charge < -0.3 is 16.8 Å². The molecular formula is C8H19N3O. The summed E-state index contributed by atoms with van der Waals surface area (Å²) in [6.07, 6.45) is 0.868. The standard InChI is InChI=1S/C8H19N3O/c1-8(2,3)4-6(9)5-11-7(10)12/h6H,4-5,9H2,1-3H3,(H3,10,11,12). The Labute approximate surface area is 73.7 Å². The van der Waals surface area contributed by atoms with Crippen molar-refractivity contribution >= 4 is 6.03 Å². The molecule has 0 bridgehead atoms. The highest BCUT2D eigenvalue weighted by molar-refractivity contribution is 5.71. The van der Waals surface area contributed by atoms with Gasteiger partial charge in [-0.05, 0) is 11.8 Å². The lowest BCUT2D eigenvalue weighted by molar-refractivity contribution is 0.246. The van der Waals surface area contributed by atoms with E-state index in [1.807, 2.05) is 0 Å². The maximum Gasteiger partial charge on any atom is 0.312 e. The van der Waals surface area contributed by atoms with Gasteiger partial charge in [-0.15, -0.1) is 0 Å². The summed E-state index contributed by atoms with van der Waals surface area (Å²) >= 11 is 0. The van der Waals surface area contributed by atoms with Crippen molar-refractivity contribution in [1.29, 1.82) is 0 Å². The normalized spacial score (nSPS) is 14.0. The van der Waals surface area contributed by atoms with E-state index >= 15 is 0 Å². The zero-order valence-electron chi connectivity index (χ0n) is 8.05. The number of urea groups is 1. The maximum absolute atomic E-state index is 10.3. The van der Waals surface area contributed by atoms with Gasteiger partial charge in [0, 0.05) is 12.6 Å². The van der Waals surface area contributed by atoms with Crippen molar-refractivity contribution in [2.75, 3.05) is 6.54 Å². The first kappa shape index (κ1) is 11.2. The van der Waals surface area contributed by atoms with Gasteiger partial charge in [-0.25, -0.2) is 4.79 Å². The molecule has 0 aromatic heterocycles. The summed E-state index contributed by atoms with van der Waals surface area (Å²) in [6.45, 7) is 6.78. The molecule has 4 heteroatoms. The molecular weight excluding hydrogens is 154 g/mol. The lowest BCUT2D eigenvalue weighted by Gasteiger charge is -2.22. The minimum absolute atomic E-state index is 0.0162. The zero-order chi connectivity index (χ0) is 9.78. The van der Waals surface area contributed by atoms with Gasteiger partial charge >= 0.3 is 6.03 Å². The van der Waals surface area contributed by atoms with Crippen LogP contribution in [0.5, 0.6) is 0 Å². The average molecular weight is 173 g/mol. The topological polar surface area (TPSA) is 81.1 Å². The van der Waals surface area contributed by atoms with Crippen LogP contribution < -0.4 is 16.8 Å². The lowest BCUT2D eigenvalue weighted by atomic mass is 9.88. The molecule has 12 heavy (non-hydrogen) atoms. The molecule has 0 radical (unpaired) electrons. The first-order chi connectivity index (χ1) is 5.31. The molecule has 0 aromatic rings. The fourth-order valence-corrected chi connectivity index (χ4v) is 1.09. The van der Waals surface area contributed by atoms with Crippen LogP contribution in [0.1, 0.15) is 27.2 Å². The first-order valence-corrected chi connectivity index (χ1v) is 4.10. The molecule has 0 aliphatic rings. The number of nitrogens with two attached hydrogens (primary N) is 2. The Hall–Kier alpha value is -0.770. The maximum atomic E-state index is 10.3. The molecule has 2 amide bonds. The number of carbonyl (C=O) groups is 1. The molecule has 0 fully saturated rings. The molecule has 72 valence electrons. The molecule has 1 unspecified atom stereocenters. The Kier molecular flexibility index (Phi) is 4.03. The van der Waals surface area contributed by atoms with Gasteiger partial charge in [0.25, 0.3) is 0 Å². The van der Waals surface area contributed by atoms with Crippen LogP contribution >= 0.6 is 0 Å². The smallest absolute Gasteiger partial charge is 0.312 e. The van der Waals surface area contributed by atoms with Gasteiger partial charge in [0.15, 0.2) is 0 Å². The third-order valence-electron chi connectivity index (χ3n) is 1.41. The average Bonchev–Trinajstić information content (AvgIpc) is 1.79. The fraction of sp³-hybridized carbons (Fsp3) is 0.875. The van der Waals surface area contributed by atoms with E-state index in [4.69, 9.17) is 11.5 Å². The number of primary amides is 1. The van der Waals surface area contributed by atoms with Crippen LogP contribution in [-0.2, 0) is 0 Å². The number of rotatable bonds is 3. The van der Waals surface area contributed by atoms with Gasteiger partial charge in [0.2, 0.25) is 0 Å². The van der Waals surface area contributed by atoms with Crippen LogP contribution in [-0.4, -0.2) is 18.6 Å². The van der Waals surface area contributed by atoms with E-state index in [0.29, 0.717) is 6.54 Å². The van der Waals surface area contributed by atoms with Gasteiger partial charge in [-0.3, -0.25) is 0 Å². The van der Waals surface area contributed by atoms with E-state index in [-0.39, 0.29) is 11.5 Å². The third-order valence-corrected chi connectivity index (χ3v) is 1.41. The van der Waals surface area contributed by atoms with Crippen LogP contribution in [0.3, 0.4) is 0 Å². The Morgan fingerprint density at radius 1 is 1.50 bits per heavy atom. The molecule has 0 spiro atoms. The van der Waals surface area contributed by atoms with Crippen molar-refractivity contribution < 1.29 is 4.79 Å². The Balaban J connectivity index is 3.60. The Bertz CT molecular complexity index is 151. The minimum Gasteiger partial charge on any atom is -0.352 e. The summed E-state index contributed by atoms with van der Waals surface area (Å²) in [7, 11) is 0. The zero-order valence-corrected chi connectivity index (χ0v) is 8.05. The van der Waals surface area contributed by atoms with Crippen LogP contribution in [0.15, 0.2) is 0 Å². The molecule has 1 atom stereocenters. The number of nitrogens with one attached hydrogen (secondary N) is 1. The molecule has 0 aliphatic heterocycles. The summed E-state index contributed by atoms with van der Waals surface area (Å²) in [5, 5.41) is 2.48. The van der Waals surface area contributed by atoms with E-state index in [9.17, 15) is 4.79 Å². The van der Waals surface area contributed by atoms with E-state index < -0.39 is 6.03 Å². The molecule has 0 rings (SSSR count). The SMILES string of the molecule is CC(C)(C)CC(N)CNC(N)=O. The predicted octanol–water partition coefficient (Wildman–Crippen LogP) is 0.418. The summed E-state index contributed by atoms with van der Waals surface area (Å²) in [5.74, 6) is 0. The van der Waals surface area contributed by atoms with E-state index in [1.54, 1.807) is 0 Å². The Morgan fingerprint density at radius 3 is 2.33 bits per heavy atom. The molecule has 0 saturated heterocycles. The van der Waals surface area contributed by atoms with Gasteiger partial charge in [0.05, 0.1) is 0 Å². The van der Waals surface area contributed by atoms with Crippen LogP contribution in [0.4, 0.5) is 4.79 Å². The predicted molar refractivity (Wildman–Crippen MR) is 49.6 cm³/mol. The first-order valence-electron chi connectivity index (χ1n) is 4.10. The van der Waals surface area contributed by atoms with Crippen molar-refractivity contribution in [2.45, 2.75) is 33.2 Å². The highest BCUT2D eigenvalue weighted by atomic mass is 16.2. The third kappa shape index (κ3) is 7.34. The van der Waals surface area contributed by atoms with Crippen LogP contribution in [0.25, 0.3) is 0 Å². The summed E-state index contributed by atoms with van der Waals surface area (Å²) in [5.41, 5.74) is 10.8. The highest BCUT2D eigenvalue weighted by Crippen LogP contribution is 2.19. The van der Waals surface area contributed by atoms with Gasteiger partial charge in [0.1, 0.15) is 0 Å². The van der Waals surface area contributed by atoms with E-state index in [1.165, 1.54) is 0 Å².